The number of nitrogens with two attached hydrogens (primary N) is 1. The predicted molar refractivity (Wildman–Crippen MR) is 107 cm³/mol. The average Bonchev–Trinajstić information content (AvgIpc) is 3.46. The predicted octanol–water partition coefficient (Wildman–Crippen LogP) is 5.17. The van der Waals surface area contributed by atoms with E-state index in [0.717, 1.165) is 29.5 Å². The Labute approximate surface area is 154 Å². The molecule has 0 amide bonds. The first-order valence-electron chi connectivity index (χ1n) is 10.9. The molecule has 3 atom stereocenters. The summed E-state index contributed by atoms with van der Waals surface area (Å²) >= 11 is 2.28. The van der Waals surface area contributed by atoms with Gasteiger partial charge in [-0.15, -0.1) is 0 Å². The molecule has 3 unspecified atom stereocenters. The first kappa shape index (κ1) is 19.0. The maximum absolute atomic E-state index is 6.52. The second-order valence-electron chi connectivity index (χ2n) is 8.77. The van der Waals surface area contributed by atoms with Gasteiger partial charge in [0.05, 0.1) is 6.17 Å². The Hall–Kier alpha value is 0.270. The smallest absolute Gasteiger partial charge is 0.0586 e. The van der Waals surface area contributed by atoms with Crippen LogP contribution in [0.15, 0.2) is 0 Å². The van der Waals surface area contributed by atoms with Crippen LogP contribution < -0.4 is 11.1 Å². The van der Waals surface area contributed by atoms with Crippen molar-refractivity contribution < 1.29 is 0 Å². The van der Waals surface area contributed by atoms with Crippen LogP contribution in [0.5, 0.6) is 0 Å². The SMILES string of the molecule is CCCCNC(N)C1CCCCC1SCC1CCC(C2CC2)CC1. The van der Waals surface area contributed by atoms with Crippen LogP contribution in [0.1, 0.15) is 84.0 Å². The summed E-state index contributed by atoms with van der Waals surface area (Å²) in [7, 11) is 0. The van der Waals surface area contributed by atoms with E-state index in [-0.39, 0.29) is 6.17 Å². The van der Waals surface area contributed by atoms with Crippen molar-refractivity contribution in [1.82, 2.24) is 5.32 Å². The van der Waals surface area contributed by atoms with Crippen LogP contribution in [0.25, 0.3) is 0 Å². The maximum atomic E-state index is 6.52. The second-order valence-corrected chi connectivity index (χ2v) is 10.0. The summed E-state index contributed by atoms with van der Waals surface area (Å²) in [6, 6.07) is 0. The van der Waals surface area contributed by atoms with Gasteiger partial charge in [-0.3, -0.25) is 0 Å². The van der Waals surface area contributed by atoms with Crippen molar-refractivity contribution >= 4 is 11.8 Å². The van der Waals surface area contributed by atoms with E-state index in [0.29, 0.717) is 5.92 Å². The van der Waals surface area contributed by atoms with E-state index < -0.39 is 0 Å². The number of hydrogen-bond acceptors (Lipinski definition) is 3. The van der Waals surface area contributed by atoms with Crippen molar-refractivity contribution in [2.75, 3.05) is 12.3 Å². The summed E-state index contributed by atoms with van der Waals surface area (Å²) in [6.07, 6.45) is 17.4. The Morgan fingerprint density at radius 3 is 2.29 bits per heavy atom. The van der Waals surface area contributed by atoms with E-state index in [2.05, 4.69) is 24.0 Å². The Bertz CT molecular complexity index is 350. The summed E-state index contributed by atoms with van der Waals surface area (Å²) < 4.78 is 0. The molecule has 0 saturated heterocycles. The Morgan fingerprint density at radius 1 is 0.958 bits per heavy atom. The van der Waals surface area contributed by atoms with Gasteiger partial charge in [0.15, 0.2) is 0 Å². The molecule has 24 heavy (non-hydrogen) atoms. The molecular weight excluding hydrogens is 312 g/mol. The molecule has 0 aromatic rings. The van der Waals surface area contributed by atoms with Crippen LogP contribution in [-0.2, 0) is 0 Å². The highest BCUT2D eigenvalue weighted by Gasteiger charge is 2.35. The van der Waals surface area contributed by atoms with Gasteiger partial charge in [0.25, 0.3) is 0 Å². The molecule has 3 rings (SSSR count). The topological polar surface area (TPSA) is 38.0 Å². The fourth-order valence-electron chi connectivity index (χ4n) is 4.99. The molecule has 3 aliphatic carbocycles. The zero-order chi connectivity index (χ0) is 16.8. The lowest BCUT2D eigenvalue weighted by molar-refractivity contribution is 0.265. The zero-order valence-electron chi connectivity index (χ0n) is 15.8. The van der Waals surface area contributed by atoms with E-state index in [1.807, 2.05) is 0 Å². The van der Waals surface area contributed by atoms with Crippen molar-refractivity contribution in [1.29, 1.82) is 0 Å². The van der Waals surface area contributed by atoms with E-state index in [1.165, 1.54) is 82.8 Å². The first-order chi connectivity index (χ1) is 11.8. The fraction of sp³-hybridized carbons (Fsp3) is 1.00. The minimum atomic E-state index is 0.222. The van der Waals surface area contributed by atoms with E-state index in [9.17, 15) is 0 Å². The largest absolute Gasteiger partial charge is 0.316 e. The minimum absolute atomic E-state index is 0.222. The molecule has 3 N–H and O–H groups in total. The lowest BCUT2D eigenvalue weighted by Gasteiger charge is -2.37. The second kappa shape index (κ2) is 9.83. The fourth-order valence-corrected chi connectivity index (χ4v) is 6.73. The van der Waals surface area contributed by atoms with Crippen molar-refractivity contribution in [3.63, 3.8) is 0 Å². The highest BCUT2D eigenvalue weighted by Crippen LogP contribution is 2.46. The highest BCUT2D eigenvalue weighted by atomic mass is 32.2. The maximum Gasteiger partial charge on any atom is 0.0586 e. The Kier molecular flexibility index (Phi) is 7.80. The summed E-state index contributed by atoms with van der Waals surface area (Å²) in [4.78, 5) is 0. The molecule has 0 aliphatic heterocycles. The summed E-state index contributed by atoms with van der Waals surface area (Å²) in [5.41, 5.74) is 6.52. The lowest BCUT2D eigenvalue weighted by Crippen LogP contribution is -2.49. The van der Waals surface area contributed by atoms with E-state index in [4.69, 9.17) is 5.73 Å². The van der Waals surface area contributed by atoms with Gasteiger partial charge in [-0.2, -0.15) is 11.8 Å². The Balaban J connectivity index is 1.38. The van der Waals surface area contributed by atoms with Crippen molar-refractivity contribution in [2.24, 2.45) is 29.4 Å². The van der Waals surface area contributed by atoms with Crippen LogP contribution in [0.3, 0.4) is 0 Å². The van der Waals surface area contributed by atoms with Crippen LogP contribution in [0.4, 0.5) is 0 Å². The Morgan fingerprint density at radius 2 is 1.62 bits per heavy atom. The van der Waals surface area contributed by atoms with Gasteiger partial charge in [0, 0.05) is 5.25 Å². The van der Waals surface area contributed by atoms with Crippen molar-refractivity contribution in [2.45, 2.75) is 95.4 Å². The monoisotopic (exact) mass is 352 g/mol. The molecule has 3 heteroatoms. The zero-order valence-corrected chi connectivity index (χ0v) is 16.7. The molecule has 2 nitrogen and oxygen atoms in total. The summed E-state index contributed by atoms with van der Waals surface area (Å²) in [5.74, 6) is 5.33. The molecular formula is C21H40N2S. The number of rotatable bonds is 9. The average molecular weight is 353 g/mol. The van der Waals surface area contributed by atoms with Crippen LogP contribution in [0, 0.1) is 23.7 Å². The summed E-state index contributed by atoms with van der Waals surface area (Å²) in [6.45, 7) is 3.35. The molecule has 3 saturated carbocycles. The van der Waals surface area contributed by atoms with Crippen LogP contribution in [-0.4, -0.2) is 23.7 Å². The molecule has 0 aromatic heterocycles. The number of hydrogen-bond donors (Lipinski definition) is 2. The van der Waals surface area contributed by atoms with Crippen LogP contribution >= 0.6 is 11.8 Å². The van der Waals surface area contributed by atoms with Gasteiger partial charge < -0.3 is 11.1 Å². The molecule has 0 aromatic carbocycles. The quantitative estimate of drug-likeness (QED) is 0.444. The molecule has 0 heterocycles. The number of unbranched alkanes of at least 4 members (excludes halogenated alkanes) is 1. The third-order valence-electron chi connectivity index (χ3n) is 6.85. The van der Waals surface area contributed by atoms with E-state index >= 15 is 0 Å². The normalized spacial score (nSPS) is 35.8. The van der Waals surface area contributed by atoms with Gasteiger partial charge in [-0.1, -0.05) is 26.2 Å². The molecule has 140 valence electrons. The molecule has 0 bridgehead atoms. The molecule has 3 fully saturated rings. The summed E-state index contributed by atoms with van der Waals surface area (Å²) in [5, 5.41) is 4.42. The number of thioether (sulfide) groups is 1. The molecule has 0 radical (unpaired) electrons. The van der Waals surface area contributed by atoms with E-state index in [1.54, 1.807) is 0 Å². The van der Waals surface area contributed by atoms with Gasteiger partial charge in [0.2, 0.25) is 0 Å². The highest BCUT2D eigenvalue weighted by molar-refractivity contribution is 7.99. The molecule has 3 aliphatic rings. The van der Waals surface area contributed by atoms with Gasteiger partial charge >= 0.3 is 0 Å². The first-order valence-corrected chi connectivity index (χ1v) is 11.9. The minimum Gasteiger partial charge on any atom is -0.316 e. The van der Waals surface area contributed by atoms with Crippen molar-refractivity contribution in [3.05, 3.63) is 0 Å². The van der Waals surface area contributed by atoms with Crippen molar-refractivity contribution in [3.8, 4) is 0 Å². The number of nitrogens with one attached hydrogen (secondary N) is 1. The van der Waals surface area contributed by atoms with Gasteiger partial charge in [-0.25, -0.2) is 0 Å². The van der Waals surface area contributed by atoms with Gasteiger partial charge in [0.1, 0.15) is 0 Å². The van der Waals surface area contributed by atoms with Crippen LogP contribution in [0.2, 0.25) is 0 Å². The third kappa shape index (κ3) is 5.64. The standard InChI is InChI=1S/C21H40N2S/c1-2-3-14-23-21(22)19-6-4-5-7-20(19)24-15-16-8-10-17(11-9-16)18-12-13-18/h16-21,23H,2-15,22H2,1H3. The molecule has 0 spiro atoms. The lowest BCUT2D eigenvalue weighted by atomic mass is 9.80. The van der Waals surface area contributed by atoms with Gasteiger partial charge in [-0.05, 0) is 93.8 Å². The third-order valence-corrected chi connectivity index (χ3v) is 8.53.